The Balaban J connectivity index is 1.46. The van der Waals surface area contributed by atoms with Gasteiger partial charge >= 0.3 is 12.1 Å². The standard InChI is InChI=1S/C28H23ClF3NO4/c29-19-9-10-24(37-15-25(34)35)23(13-19)26-20-4-2-1-3-16(20)11-12-33(26)27(36)22-14-21(22)17-5-7-18(8-6-17)28(30,31)32/h1-10,13,21-22,26H,11-12,14-15H2,(H,34,35)/t21-,22+,26?/m0/s1. The number of aliphatic carboxylic acids is 1. The van der Waals surface area contributed by atoms with E-state index >= 15 is 0 Å². The summed E-state index contributed by atoms with van der Waals surface area (Å²) in [6.07, 6.45) is -3.22. The summed E-state index contributed by atoms with van der Waals surface area (Å²) in [6, 6.07) is 17.1. The van der Waals surface area contributed by atoms with Gasteiger partial charge in [0.2, 0.25) is 5.91 Å². The summed E-state index contributed by atoms with van der Waals surface area (Å²) in [5.74, 6) is -1.42. The molecule has 5 nitrogen and oxygen atoms in total. The Bertz CT molecular complexity index is 1340. The van der Waals surface area contributed by atoms with E-state index in [1.807, 2.05) is 24.3 Å². The molecule has 1 heterocycles. The molecule has 5 rings (SSSR count). The van der Waals surface area contributed by atoms with Gasteiger partial charge in [-0.3, -0.25) is 4.79 Å². The highest BCUT2D eigenvalue weighted by molar-refractivity contribution is 6.30. The highest BCUT2D eigenvalue weighted by atomic mass is 35.5. The minimum absolute atomic E-state index is 0.103. The summed E-state index contributed by atoms with van der Waals surface area (Å²) >= 11 is 6.32. The average molecular weight is 530 g/mol. The van der Waals surface area contributed by atoms with Crippen LogP contribution in [0.15, 0.2) is 66.7 Å². The maximum Gasteiger partial charge on any atom is 0.416 e. The normalized spacial score (nSPS) is 20.8. The van der Waals surface area contributed by atoms with Crippen molar-refractivity contribution < 1.29 is 32.6 Å². The third kappa shape index (κ3) is 5.16. The van der Waals surface area contributed by atoms with Crippen LogP contribution in [-0.2, 0) is 22.2 Å². The first-order valence-corrected chi connectivity index (χ1v) is 12.2. The van der Waals surface area contributed by atoms with Crippen molar-refractivity contribution in [1.29, 1.82) is 0 Å². The van der Waals surface area contributed by atoms with Crippen molar-refractivity contribution in [2.24, 2.45) is 5.92 Å². The average Bonchev–Trinajstić information content (AvgIpc) is 3.67. The first kappa shape index (κ1) is 25.1. The summed E-state index contributed by atoms with van der Waals surface area (Å²) in [5.41, 5.74) is 2.53. The van der Waals surface area contributed by atoms with Gasteiger partial charge in [0, 0.05) is 23.0 Å². The molecule has 1 unspecified atom stereocenters. The molecule has 1 aliphatic carbocycles. The van der Waals surface area contributed by atoms with E-state index in [-0.39, 0.29) is 17.7 Å². The molecule has 0 spiro atoms. The second-order valence-corrected chi connectivity index (χ2v) is 9.75. The minimum atomic E-state index is -4.41. The summed E-state index contributed by atoms with van der Waals surface area (Å²) < 4.78 is 44.4. The predicted octanol–water partition coefficient (Wildman–Crippen LogP) is 6.10. The molecule has 37 heavy (non-hydrogen) atoms. The molecule has 2 aliphatic rings. The number of rotatable bonds is 6. The van der Waals surface area contributed by atoms with Crippen LogP contribution in [0.3, 0.4) is 0 Å². The predicted molar refractivity (Wildman–Crippen MR) is 131 cm³/mol. The lowest BCUT2D eigenvalue weighted by molar-refractivity contribution is -0.139. The SMILES string of the molecule is O=C(O)COc1ccc(Cl)cc1C1c2ccccc2CCN1C(=O)[C@@H]1C[C@H]1c1ccc(C(F)(F)F)cc1. The molecule has 1 N–H and O–H groups in total. The number of hydrogen-bond acceptors (Lipinski definition) is 3. The Hall–Kier alpha value is -3.52. The zero-order chi connectivity index (χ0) is 26.3. The van der Waals surface area contributed by atoms with E-state index in [2.05, 4.69) is 0 Å². The van der Waals surface area contributed by atoms with Crippen LogP contribution in [0.5, 0.6) is 5.75 Å². The van der Waals surface area contributed by atoms with Gasteiger partial charge in [-0.1, -0.05) is 48.0 Å². The fraction of sp³-hybridized carbons (Fsp3) is 0.286. The molecule has 3 atom stereocenters. The van der Waals surface area contributed by atoms with Crippen molar-refractivity contribution in [3.05, 3.63) is 99.6 Å². The molecule has 1 fully saturated rings. The number of carbonyl (C=O) groups is 2. The Morgan fingerprint density at radius 3 is 2.46 bits per heavy atom. The lowest BCUT2D eigenvalue weighted by atomic mass is 9.87. The molecule has 3 aromatic carbocycles. The summed E-state index contributed by atoms with van der Waals surface area (Å²) in [7, 11) is 0. The highest BCUT2D eigenvalue weighted by Gasteiger charge is 2.48. The van der Waals surface area contributed by atoms with Crippen molar-refractivity contribution in [3.8, 4) is 5.75 Å². The van der Waals surface area contributed by atoms with Crippen molar-refractivity contribution in [1.82, 2.24) is 4.90 Å². The van der Waals surface area contributed by atoms with Crippen LogP contribution in [0.1, 0.15) is 46.2 Å². The number of hydrogen-bond donors (Lipinski definition) is 1. The van der Waals surface area contributed by atoms with E-state index in [1.54, 1.807) is 23.1 Å². The molecule has 1 amide bonds. The quantitative estimate of drug-likeness (QED) is 0.419. The largest absolute Gasteiger partial charge is 0.482 e. The number of benzene rings is 3. The number of carbonyl (C=O) groups excluding carboxylic acids is 1. The molecule has 1 saturated carbocycles. The fourth-order valence-corrected chi connectivity index (χ4v) is 5.29. The number of fused-ring (bicyclic) bond motifs is 1. The van der Waals surface area contributed by atoms with Gasteiger partial charge in [-0.2, -0.15) is 13.2 Å². The van der Waals surface area contributed by atoms with Crippen LogP contribution < -0.4 is 4.74 Å². The van der Waals surface area contributed by atoms with Crippen LogP contribution >= 0.6 is 11.6 Å². The van der Waals surface area contributed by atoms with E-state index < -0.39 is 30.4 Å². The molecule has 3 aromatic rings. The van der Waals surface area contributed by atoms with Crippen LogP contribution in [0.4, 0.5) is 13.2 Å². The van der Waals surface area contributed by atoms with Crippen LogP contribution in [0, 0.1) is 5.92 Å². The molecule has 192 valence electrons. The van der Waals surface area contributed by atoms with Gasteiger partial charge in [-0.25, -0.2) is 4.79 Å². The number of ether oxygens (including phenoxy) is 1. The van der Waals surface area contributed by atoms with E-state index in [0.29, 0.717) is 41.3 Å². The zero-order valence-electron chi connectivity index (χ0n) is 19.5. The van der Waals surface area contributed by atoms with E-state index in [9.17, 15) is 22.8 Å². The Kier molecular flexibility index (Phi) is 6.62. The van der Waals surface area contributed by atoms with E-state index in [4.69, 9.17) is 21.4 Å². The lowest BCUT2D eigenvalue weighted by Crippen LogP contribution is -2.41. The van der Waals surface area contributed by atoms with Crippen LogP contribution in [-0.4, -0.2) is 35.0 Å². The third-order valence-electron chi connectivity index (χ3n) is 6.96. The monoisotopic (exact) mass is 529 g/mol. The molecular weight excluding hydrogens is 507 g/mol. The second-order valence-electron chi connectivity index (χ2n) is 9.32. The molecular formula is C28H23ClF3NO4. The lowest BCUT2D eigenvalue weighted by Gasteiger charge is -2.38. The Morgan fingerprint density at radius 1 is 1.03 bits per heavy atom. The zero-order valence-corrected chi connectivity index (χ0v) is 20.3. The molecule has 1 aliphatic heterocycles. The maximum absolute atomic E-state index is 13.8. The van der Waals surface area contributed by atoms with Gasteiger partial charge in [0.05, 0.1) is 11.6 Å². The molecule has 0 bridgehead atoms. The Labute approximate surface area is 216 Å². The Morgan fingerprint density at radius 2 is 1.76 bits per heavy atom. The molecule has 9 heteroatoms. The number of alkyl halides is 3. The van der Waals surface area contributed by atoms with Gasteiger partial charge in [-0.05, 0) is 65.8 Å². The fourth-order valence-electron chi connectivity index (χ4n) is 5.11. The van der Waals surface area contributed by atoms with Gasteiger partial charge < -0.3 is 14.7 Å². The van der Waals surface area contributed by atoms with Crippen molar-refractivity contribution >= 4 is 23.5 Å². The number of amides is 1. The summed E-state index contributed by atoms with van der Waals surface area (Å²) in [4.78, 5) is 26.7. The molecule has 0 saturated heterocycles. The minimum Gasteiger partial charge on any atom is -0.482 e. The van der Waals surface area contributed by atoms with E-state index in [0.717, 1.165) is 23.3 Å². The van der Waals surface area contributed by atoms with Crippen molar-refractivity contribution in [2.75, 3.05) is 13.2 Å². The summed E-state index contributed by atoms with van der Waals surface area (Å²) in [5, 5.41) is 9.55. The second kappa shape index (κ2) is 9.74. The highest BCUT2D eigenvalue weighted by Crippen LogP contribution is 2.51. The van der Waals surface area contributed by atoms with Crippen molar-refractivity contribution in [2.45, 2.75) is 31.0 Å². The van der Waals surface area contributed by atoms with Gasteiger partial charge in [0.25, 0.3) is 0 Å². The van der Waals surface area contributed by atoms with Crippen molar-refractivity contribution in [3.63, 3.8) is 0 Å². The van der Waals surface area contributed by atoms with Gasteiger partial charge in [0.1, 0.15) is 5.75 Å². The molecule has 0 aromatic heterocycles. The number of nitrogens with zero attached hydrogens (tertiary/aromatic N) is 1. The maximum atomic E-state index is 13.8. The van der Waals surface area contributed by atoms with Crippen LogP contribution in [0.25, 0.3) is 0 Å². The van der Waals surface area contributed by atoms with E-state index in [1.165, 1.54) is 12.1 Å². The number of carboxylic acid groups (broad SMARTS) is 1. The first-order chi connectivity index (χ1) is 17.6. The third-order valence-corrected chi connectivity index (χ3v) is 7.19. The van der Waals surface area contributed by atoms with Gasteiger partial charge in [-0.15, -0.1) is 0 Å². The topological polar surface area (TPSA) is 66.8 Å². The van der Waals surface area contributed by atoms with Crippen LogP contribution in [0.2, 0.25) is 5.02 Å². The smallest absolute Gasteiger partial charge is 0.416 e. The van der Waals surface area contributed by atoms with Gasteiger partial charge in [0.15, 0.2) is 6.61 Å². The first-order valence-electron chi connectivity index (χ1n) is 11.8. The number of halogens is 4. The summed E-state index contributed by atoms with van der Waals surface area (Å²) in [6.45, 7) is -0.114. The number of carboxylic acids is 1. The molecule has 0 radical (unpaired) electrons.